The molecule has 0 bridgehead atoms. The third kappa shape index (κ3) is 2.38. The number of hydrogen-bond donors (Lipinski definition) is 1. The summed E-state index contributed by atoms with van der Waals surface area (Å²) in [5.74, 6) is 0. The Kier molecular flexibility index (Phi) is 3.31. The largest absolute Gasteiger partial charge is 0.496 e. The second kappa shape index (κ2) is 5.03. The Morgan fingerprint density at radius 3 is 2.26 bits per heavy atom. The Morgan fingerprint density at radius 1 is 0.870 bits per heavy atom. The summed E-state index contributed by atoms with van der Waals surface area (Å²) in [5.41, 5.74) is 2.70. The number of benzene rings is 2. The van der Waals surface area contributed by atoms with Gasteiger partial charge in [0.25, 0.3) is 0 Å². The molecule has 2 aliphatic heterocycles. The minimum atomic E-state index is -0.338. The fourth-order valence-corrected chi connectivity index (χ4v) is 3.94. The Balaban J connectivity index is 1.74. The van der Waals surface area contributed by atoms with E-state index >= 15 is 0 Å². The predicted molar refractivity (Wildman–Crippen MR) is 96.0 cm³/mol. The number of hydrogen-bond acceptors (Lipinski definition) is 4. The standard InChI is InChI=1S/C18H20BNO2S/c1-17(2)18(3,4)22-19(21-17)12-8-7-10-14-16(12)23-15-11-6-5-9-13(15)20-14/h5-11,20H,1-4H3. The third-order valence-electron chi connectivity index (χ3n) is 4.92. The highest BCUT2D eigenvalue weighted by Gasteiger charge is 2.52. The summed E-state index contributed by atoms with van der Waals surface area (Å²) in [6.45, 7) is 8.35. The summed E-state index contributed by atoms with van der Waals surface area (Å²) < 4.78 is 12.5. The van der Waals surface area contributed by atoms with Gasteiger partial charge in [0.15, 0.2) is 0 Å². The van der Waals surface area contributed by atoms with E-state index < -0.39 is 0 Å². The van der Waals surface area contributed by atoms with Crippen molar-refractivity contribution in [3.05, 3.63) is 42.5 Å². The molecule has 118 valence electrons. The fraction of sp³-hybridized carbons (Fsp3) is 0.333. The molecule has 0 radical (unpaired) electrons. The molecule has 2 heterocycles. The van der Waals surface area contributed by atoms with Crippen molar-refractivity contribution < 1.29 is 9.31 Å². The molecule has 0 atom stereocenters. The first kappa shape index (κ1) is 15.1. The zero-order valence-corrected chi connectivity index (χ0v) is 14.7. The van der Waals surface area contributed by atoms with Gasteiger partial charge in [-0.15, -0.1) is 0 Å². The molecule has 0 spiro atoms. The van der Waals surface area contributed by atoms with E-state index in [1.807, 2.05) is 0 Å². The lowest BCUT2D eigenvalue weighted by Gasteiger charge is -2.32. The van der Waals surface area contributed by atoms with E-state index in [4.69, 9.17) is 9.31 Å². The van der Waals surface area contributed by atoms with Crippen molar-refractivity contribution in [2.45, 2.75) is 48.7 Å². The summed E-state index contributed by atoms with van der Waals surface area (Å²) in [7, 11) is -0.338. The Hall–Kier alpha value is -1.43. The first-order valence-corrected chi connectivity index (χ1v) is 8.71. The van der Waals surface area contributed by atoms with Crippen LogP contribution in [0.1, 0.15) is 27.7 Å². The molecule has 1 fully saturated rings. The van der Waals surface area contributed by atoms with Crippen LogP contribution in [-0.4, -0.2) is 18.3 Å². The van der Waals surface area contributed by atoms with Crippen LogP contribution in [-0.2, 0) is 9.31 Å². The summed E-state index contributed by atoms with van der Waals surface area (Å²) in [4.78, 5) is 2.41. The topological polar surface area (TPSA) is 30.5 Å². The SMILES string of the molecule is CC1(C)OB(c2cccc3c2Sc2ccccc2N3)OC1(C)C. The van der Waals surface area contributed by atoms with Gasteiger partial charge in [0.05, 0.1) is 22.6 Å². The van der Waals surface area contributed by atoms with E-state index in [9.17, 15) is 0 Å². The van der Waals surface area contributed by atoms with Crippen LogP contribution in [0.4, 0.5) is 11.4 Å². The van der Waals surface area contributed by atoms with Gasteiger partial charge in [-0.1, -0.05) is 36.0 Å². The molecule has 3 nitrogen and oxygen atoms in total. The Bertz CT molecular complexity index is 759. The molecule has 0 saturated carbocycles. The van der Waals surface area contributed by atoms with Gasteiger partial charge in [-0.25, -0.2) is 0 Å². The van der Waals surface area contributed by atoms with Crippen molar-refractivity contribution in [3.8, 4) is 0 Å². The summed E-state index contributed by atoms with van der Waals surface area (Å²) >= 11 is 1.77. The van der Waals surface area contributed by atoms with Crippen molar-refractivity contribution >= 4 is 35.7 Å². The van der Waals surface area contributed by atoms with Crippen molar-refractivity contribution in [3.63, 3.8) is 0 Å². The molecule has 4 rings (SSSR count). The second-order valence-electron chi connectivity index (χ2n) is 7.04. The van der Waals surface area contributed by atoms with Gasteiger partial charge in [0.2, 0.25) is 0 Å². The van der Waals surface area contributed by atoms with Gasteiger partial charge < -0.3 is 14.6 Å². The van der Waals surface area contributed by atoms with E-state index in [2.05, 4.69) is 75.5 Å². The molecule has 0 unspecified atom stereocenters. The van der Waals surface area contributed by atoms with Crippen LogP contribution in [0.15, 0.2) is 52.3 Å². The van der Waals surface area contributed by atoms with E-state index in [0.29, 0.717) is 0 Å². The first-order chi connectivity index (χ1) is 10.9. The number of anilines is 2. The van der Waals surface area contributed by atoms with Gasteiger partial charge in [-0.2, -0.15) is 0 Å². The van der Waals surface area contributed by atoms with Gasteiger partial charge in [-0.3, -0.25) is 0 Å². The van der Waals surface area contributed by atoms with Crippen LogP contribution in [0.25, 0.3) is 0 Å². The molecule has 23 heavy (non-hydrogen) atoms. The molecule has 1 saturated heterocycles. The molecular weight excluding hydrogens is 305 g/mol. The third-order valence-corrected chi connectivity index (χ3v) is 6.16. The van der Waals surface area contributed by atoms with Crippen LogP contribution in [0, 0.1) is 0 Å². The highest BCUT2D eigenvalue weighted by molar-refractivity contribution is 8.00. The summed E-state index contributed by atoms with van der Waals surface area (Å²) in [5, 5.41) is 3.51. The van der Waals surface area contributed by atoms with E-state index in [-0.39, 0.29) is 18.3 Å². The highest BCUT2D eigenvalue weighted by Crippen LogP contribution is 2.44. The monoisotopic (exact) mass is 325 g/mol. The van der Waals surface area contributed by atoms with Gasteiger partial charge in [-0.05, 0) is 51.4 Å². The van der Waals surface area contributed by atoms with Crippen molar-refractivity contribution in [1.29, 1.82) is 0 Å². The average molecular weight is 325 g/mol. The fourth-order valence-electron chi connectivity index (χ4n) is 2.84. The normalized spacial score (nSPS) is 20.6. The molecule has 2 aliphatic rings. The van der Waals surface area contributed by atoms with E-state index in [1.165, 1.54) is 9.79 Å². The maximum atomic E-state index is 6.24. The van der Waals surface area contributed by atoms with Crippen LogP contribution >= 0.6 is 11.8 Å². The molecule has 2 aromatic rings. The minimum Gasteiger partial charge on any atom is -0.399 e. The van der Waals surface area contributed by atoms with Crippen LogP contribution in [0.3, 0.4) is 0 Å². The quantitative estimate of drug-likeness (QED) is 0.680. The lowest BCUT2D eigenvalue weighted by atomic mass is 9.78. The number of para-hydroxylation sites is 1. The number of nitrogens with one attached hydrogen (secondary N) is 1. The first-order valence-electron chi connectivity index (χ1n) is 7.90. The molecule has 2 aromatic carbocycles. The Morgan fingerprint density at radius 2 is 1.52 bits per heavy atom. The zero-order valence-electron chi connectivity index (χ0n) is 13.8. The molecular formula is C18H20BNO2S. The van der Waals surface area contributed by atoms with E-state index in [0.717, 1.165) is 16.8 Å². The Labute approximate surface area is 141 Å². The smallest absolute Gasteiger partial charge is 0.399 e. The molecule has 0 amide bonds. The maximum absolute atomic E-state index is 6.24. The van der Waals surface area contributed by atoms with Gasteiger partial charge in [0, 0.05) is 9.79 Å². The van der Waals surface area contributed by atoms with Crippen LogP contribution in [0.2, 0.25) is 0 Å². The zero-order chi connectivity index (χ0) is 16.2. The van der Waals surface area contributed by atoms with Crippen molar-refractivity contribution in [1.82, 2.24) is 0 Å². The van der Waals surface area contributed by atoms with Crippen LogP contribution in [0.5, 0.6) is 0 Å². The lowest BCUT2D eigenvalue weighted by molar-refractivity contribution is 0.00578. The molecule has 0 aromatic heterocycles. The second-order valence-corrected chi connectivity index (χ2v) is 8.09. The predicted octanol–water partition coefficient (Wildman–Crippen LogP) is 4.19. The molecule has 5 heteroatoms. The highest BCUT2D eigenvalue weighted by atomic mass is 32.2. The van der Waals surface area contributed by atoms with Gasteiger partial charge in [0.1, 0.15) is 0 Å². The van der Waals surface area contributed by atoms with Crippen LogP contribution < -0.4 is 10.8 Å². The summed E-state index contributed by atoms with van der Waals surface area (Å²) in [6.07, 6.45) is 0. The van der Waals surface area contributed by atoms with Gasteiger partial charge >= 0.3 is 7.12 Å². The minimum absolute atomic E-state index is 0.328. The molecule has 1 N–H and O–H groups in total. The maximum Gasteiger partial charge on any atom is 0.496 e. The summed E-state index contributed by atoms with van der Waals surface area (Å²) in [6, 6.07) is 14.6. The average Bonchev–Trinajstić information content (AvgIpc) is 2.72. The number of rotatable bonds is 1. The van der Waals surface area contributed by atoms with E-state index in [1.54, 1.807) is 11.8 Å². The van der Waals surface area contributed by atoms with Crippen molar-refractivity contribution in [2.24, 2.45) is 0 Å². The lowest BCUT2D eigenvalue weighted by Crippen LogP contribution is -2.41. The van der Waals surface area contributed by atoms with Crippen molar-refractivity contribution in [2.75, 3.05) is 5.32 Å². The molecule has 0 aliphatic carbocycles. The number of fused-ring (bicyclic) bond motifs is 2.